The van der Waals surface area contributed by atoms with Crippen molar-refractivity contribution in [1.82, 2.24) is 15.1 Å². The summed E-state index contributed by atoms with van der Waals surface area (Å²) in [5.41, 5.74) is 3.82. The summed E-state index contributed by atoms with van der Waals surface area (Å²) in [6.45, 7) is 5.38. The lowest BCUT2D eigenvalue weighted by Crippen LogP contribution is -2.32. The highest BCUT2D eigenvalue weighted by molar-refractivity contribution is 7.08. The molecule has 0 unspecified atom stereocenters. The fourth-order valence-electron chi connectivity index (χ4n) is 3.27. The number of hydrogen-bond acceptors (Lipinski definition) is 5. The topological polar surface area (TPSA) is 42.2 Å². The minimum atomic E-state index is 0.387. The van der Waals surface area contributed by atoms with Crippen LogP contribution < -0.4 is 0 Å². The molecule has 0 bridgehead atoms. The molecule has 5 heteroatoms. The molecule has 0 radical (unpaired) electrons. The maximum atomic E-state index is 5.91. The van der Waals surface area contributed by atoms with E-state index in [1.807, 2.05) is 16.8 Å². The molecule has 24 heavy (non-hydrogen) atoms. The number of piperidine rings is 1. The minimum absolute atomic E-state index is 0.387. The Labute approximate surface area is 146 Å². The molecule has 1 aromatic carbocycles. The van der Waals surface area contributed by atoms with E-state index in [0.29, 0.717) is 11.8 Å². The number of benzene rings is 1. The van der Waals surface area contributed by atoms with Crippen molar-refractivity contribution in [2.24, 2.45) is 0 Å². The van der Waals surface area contributed by atoms with Crippen LogP contribution in [0.4, 0.5) is 0 Å². The second kappa shape index (κ2) is 6.87. The standard InChI is InChI=1S/C19H21N3OS/c1-14-4-2-3-5-16(14)12-22-9-6-15(7-10-22)18-20-21-19(23-18)17-8-11-24-13-17/h2-5,8,11,13,15H,6-7,9-10,12H2,1H3. The maximum absolute atomic E-state index is 5.91. The largest absolute Gasteiger partial charge is 0.420 e. The molecule has 1 aliphatic rings. The van der Waals surface area contributed by atoms with Crippen LogP contribution in [0.3, 0.4) is 0 Å². The van der Waals surface area contributed by atoms with Crippen LogP contribution in [0.5, 0.6) is 0 Å². The number of hydrogen-bond donors (Lipinski definition) is 0. The number of aromatic nitrogens is 2. The molecular formula is C19H21N3OS. The van der Waals surface area contributed by atoms with Crippen molar-refractivity contribution in [3.05, 3.63) is 58.1 Å². The molecule has 3 aromatic rings. The highest BCUT2D eigenvalue weighted by atomic mass is 32.1. The Hall–Kier alpha value is -1.98. The van der Waals surface area contributed by atoms with E-state index >= 15 is 0 Å². The van der Waals surface area contributed by atoms with Crippen LogP contribution in [0, 0.1) is 6.92 Å². The normalized spacial score (nSPS) is 16.5. The van der Waals surface area contributed by atoms with Gasteiger partial charge in [0.1, 0.15) is 0 Å². The van der Waals surface area contributed by atoms with Crippen LogP contribution in [-0.4, -0.2) is 28.2 Å². The molecule has 0 atom stereocenters. The van der Waals surface area contributed by atoms with Gasteiger partial charge in [-0.25, -0.2) is 0 Å². The maximum Gasteiger partial charge on any atom is 0.248 e. The summed E-state index contributed by atoms with van der Waals surface area (Å²) in [4.78, 5) is 2.52. The molecule has 0 amide bonds. The van der Waals surface area contributed by atoms with E-state index in [2.05, 4.69) is 46.3 Å². The molecule has 2 aromatic heterocycles. The molecule has 1 aliphatic heterocycles. The Kier molecular flexibility index (Phi) is 4.45. The number of thiophene rings is 1. The third-order valence-corrected chi connectivity index (χ3v) is 5.48. The van der Waals surface area contributed by atoms with Gasteiger partial charge in [-0.2, -0.15) is 11.3 Å². The zero-order valence-electron chi connectivity index (χ0n) is 13.8. The molecule has 1 saturated heterocycles. The number of aryl methyl sites for hydroxylation is 1. The second-order valence-corrected chi connectivity index (χ2v) is 7.21. The predicted octanol–water partition coefficient (Wildman–Crippen LogP) is 4.49. The molecular weight excluding hydrogens is 318 g/mol. The van der Waals surface area contributed by atoms with Crippen molar-refractivity contribution >= 4 is 11.3 Å². The molecule has 0 saturated carbocycles. The zero-order chi connectivity index (χ0) is 16.4. The lowest BCUT2D eigenvalue weighted by molar-refractivity contribution is 0.193. The quantitative estimate of drug-likeness (QED) is 0.702. The monoisotopic (exact) mass is 339 g/mol. The molecule has 3 heterocycles. The average Bonchev–Trinajstić information content (AvgIpc) is 3.29. The Balaban J connectivity index is 1.37. The van der Waals surface area contributed by atoms with E-state index in [-0.39, 0.29) is 0 Å². The molecule has 0 N–H and O–H groups in total. The van der Waals surface area contributed by atoms with Gasteiger partial charge in [0.05, 0.1) is 0 Å². The lowest BCUT2D eigenvalue weighted by Gasteiger charge is -2.30. The fraction of sp³-hybridized carbons (Fsp3) is 0.368. The van der Waals surface area contributed by atoms with Crippen molar-refractivity contribution < 1.29 is 4.42 Å². The first-order valence-corrected chi connectivity index (χ1v) is 9.37. The summed E-state index contributed by atoms with van der Waals surface area (Å²) in [6, 6.07) is 10.7. The summed E-state index contributed by atoms with van der Waals surface area (Å²) >= 11 is 1.65. The van der Waals surface area contributed by atoms with Gasteiger partial charge in [-0.05, 0) is 55.4 Å². The number of nitrogens with zero attached hydrogens (tertiary/aromatic N) is 3. The predicted molar refractivity (Wildman–Crippen MR) is 96.0 cm³/mol. The van der Waals surface area contributed by atoms with Crippen molar-refractivity contribution in [3.63, 3.8) is 0 Å². The van der Waals surface area contributed by atoms with Gasteiger partial charge in [0.25, 0.3) is 0 Å². The van der Waals surface area contributed by atoms with Crippen LogP contribution in [0.25, 0.3) is 11.5 Å². The summed E-state index contributed by atoms with van der Waals surface area (Å²) in [5, 5.41) is 12.6. The van der Waals surface area contributed by atoms with Gasteiger partial charge in [-0.1, -0.05) is 24.3 Å². The van der Waals surface area contributed by atoms with Gasteiger partial charge in [-0.15, -0.1) is 10.2 Å². The number of likely N-dealkylation sites (tertiary alicyclic amines) is 1. The van der Waals surface area contributed by atoms with E-state index < -0.39 is 0 Å². The summed E-state index contributed by atoms with van der Waals surface area (Å²) < 4.78 is 5.91. The van der Waals surface area contributed by atoms with Crippen molar-refractivity contribution in [1.29, 1.82) is 0 Å². The van der Waals surface area contributed by atoms with Crippen LogP contribution in [0.2, 0.25) is 0 Å². The van der Waals surface area contributed by atoms with E-state index in [4.69, 9.17) is 4.42 Å². The minimum Gasteiger partial charge on any atom is -0.420 e. The Morgan fingerprint density at radius 3 is 2.75 bits per heavy atom. The molecule has 4 nitrogen and oxygen atoms in total. The molecule has 0 aliphatic carbocycles. The third kappa shape index (κ3) is 3.28. The van der Waals surface area contributed by atoms with Gasteiger partial charge in [0.2, 0.25) is 11.8 Å². The summed E-state index contributed by atoms with van der Waals surface area (Å²) in [7, 11) is 0. The fourth-order valence-corrected chi connectivity index (χ4v) is 3.90. The number of rotatable bonds is 4. The Morgan fingerprint density at radius 1 is 1.17 bits per heavy atom. The second-order valence-electron chi connectivity index (χ2n) is 6.43. The Bertz CT molecular complexity index is 789. The first-order valence-electron chi connectivity index (χ1n) is 8.42. The van der Waals surface area contributed by atoms with E-state index in [1.54, 1.807) is 11.3 Å². The van der Waals surface area contributed by atoms with Crippen LogP contribution in [0.15, 0.2) is 45.5 Å². The van der Waals surface area contributed by atoms with Crippen LogP contribution >= 0.6 is 11.3 Å². The van der Waals surface area contributed by atoms with Gasteiger partial charge >= 0.3 is 0 Å². The first kappa shape index (κ1) is 15.5. The molecule has 124 valence electrons. The van der Waals surface area contributed by atoms with Crippen molar-refractivity contribution in [2.75, 3.05) is 13.1 Å². The first-order chi connectivity index (χ1) is 11.8. The third-order valence-electron chi connectivity index (χ3n) is 4.80. The highest BCUT2D eigenvalue weighted by Gasteiger charge is 2.25. The van der Waals surface area contributed by atoms with Gasteiger partial charge in [-0.3, -0.25) is 4.90 Å². The van der Waals surface area contributed by atoms with Crippen LogP contribution in [-0.2, 0) is 6.54 Å². The highest BCUT2D eigenvalue weighted by Crippen LogP contribution is 2.30. The lowest BCUT2D eigenvalue weighted by atomic mass is 9.96. The van der Waals surface area contributed by atoms with Crippen molar-refractivity contribution in [2.45, 2.75) is 32.2 Å². The Morgan fingerprint density at radius 2 is 2.00 bits per heavy atom. The summed E-state index contributed by atoms with van der Waals surface area (Å²) in [6.07, 6.45) is 2.16. The van der Waals surface area contributed by atoms with Crippen LogP contribution in [0.1, 0.15) is 35.8 Å². The SMILES string of the molecule is Cc1ccccc1CN1CCC(c2nnc(-c3ccsc3)o2)CC1. The smallest absolute Gasteiger partial charge is 0.248 e. The summed E-state index contributed by atoms with van der Waals surface area (Å²) in [5.74, 6) is 1.83. The molecule has 4 rings (SSSR count). The molecule has 1 fully saturated rings. The van der Waals surface area contributed by atoms with Gasteiger partial charge in [0.15, 0.2) is 0 Å². The van der Waals surface area contributed by atoms with Crippen molar-refractivity contribution in [3.8, 4) is 11.5 Å². The van der Waals surface area contributed by atoms with E-state index in [9.17, 15) is 0 Å². The average molecular weight is 339 g/mol. The molecule has 0 spiro atoms. The van der Waals surface area contributed by atoms with E-state index in [1.165, 1.54) is 11.1 Å². The van der Waals surface area contributed by atoms with E-state index in [0.717, 1.165) is 43.9 Å². The van der Waals surface area contributed by atoms with Gasteiger partial charge < -0.3 is 4.42 Å². The zero-order valence-corrected chi connectivity index (χ0v) is 14.6. The van der Waals surface area contributed by atoms with Gasteiger partial charge in [0, 0.05) is 23.4 Å².